The molecule has 6 nitrogen and oxygen atoms in total. The number of aromatic nitrogens is 2. The van der Waals surface area contributed by atoms with Crippen molar-refractivity contribution in [3.63, 3.8) is 0 Å². The minimum absolute atomic E-state index is 0.178. The lowest BCUT2D eigenvalue weighted by molar-refractivity contribution is 0.212. The van der Waals surface area contributed by atoms with E-state index in [2.05, 4.69) is 15.3 Å². The van der Waals surface area contributed by atoms with Crippen LogP contribution < -0.4 is 5.32 Å². The molecular formula is C10H16N4O2S. The highest BCUT2D eigenvalue weighted by Crippen LogP contribution is 2.19. The standard InChI is InChI=1S/C10H16N4O2S/c1-2-17(15,16)14-7-9(8-14)5-13-10-6-11-3-4-12-10/h3-4,6,9H,2,5,7-8H2,1H3,(H,12,13). The number of nitrogens with zero attached hydrogens (tertiary/aromatic N) is 3. The number of hydrogen-bond donors (Lipinski definition) is 1. The van der Waals surface area contributed by atoms with Crippen molar-refractivity contribution < 1.29 is 8.42 Å². The Balaban J connectivity index is 1.75. The number of anilines is 1. The maximum absolute atomic E-state index is 11.5. The van der Waals surface area contributed by atoms with Crippen molar-refractivity contribution in [1.82, 2.24) is 14.3 Å². The summed E-state index contributed by atoms with van der Waals surface area (Å²) in [5.74, 6) is 1.26. The van der Waals surface area contributed by atoms with Gasteiger partial charge >= 0.3 is 0 Å². The second-order valence-corrected chi connectivity index (χ2v) is 6.31. The average molecular weight is 256 g/mol. The lowest BCUT2D eigenvalue weighted by atomic mass is 10.0. The van der Waals surface area contributed by atoms with Gasteiger partial charge in [-0.25, -0.2) is 17.7 Å². The first-order chi connectivity index (χ1) is 8.12. The van der Waals surface area contributed by atoms with Crippen molar-refractivity contribution >= 4 is 15.8 Å². The van der Waals surface area contributed by atoms with Gasteiger partial charge in [-0.05, 0) is 6.92 Å². The Bertz CT molecular complexity index is 456. The molecule has 0 aromatic carbocycles. The molecule has 7 heteroatoms. The summed E-state index contributed by atoms with van der Waals surface area (Å²) in [4.78, 5) is 8.03. The van der Waals surface area contributed by atoms with Crippen molar-refractivity contribution in [2.45, 2.75) is 6.92 Å². The Morgan fingerprint density at radius 2 is 2.24 bits per heavy atom. The van der Waals surface area contributed by atoms with Gasteiger partial charge in [-0.15, -0.1) is 0 Å². The van der Waals surface area contributed by atoms with E-state index >= 15 is 0 Å². The normalized spacial score (nSPS) is 17.7. The number of nitrogens with one attached hydrogen (secondary N) is 1. The van der Waals surface area contributed by atoms with Crippen molar-refractivity contribution in [3.05, 3.63) is 18.6 Å². The third-order valence-electron chi connectivity index (χ3n) is 2.82. The van der Waals surface area contributed by atoms with E-state index in [1.165, 1.54) is 4.31 Å². The summed E-state index contributed by atoms with van der Waals surface area (Å²) in [6.45, 7) is 3.60. The van der Waals surface area contributed by atoms with Gasteiger partial charge in [0.1, 0.15) is 5.82 Å². The van der Waals surface area contributed by atoms with E-state index in [9.17, 15) is 8.42 Å². The molecular weight excluding hydrogens is 240 g/mol. The molecule has 0 unspecified atom stereocenters. The van der Waals surface area contributed by atoms with Crippen LogP contribution in [0.25, 0.3) is 0 Å². The third-order valence-corrected chi connectivity index (χ3v) is 4.63. The molecule has 1 fully saturated rings. The second kappa shape index (κ2) is 4.97. The van der Waals surface area contributed by atoms with Crippen LogP contribution in [0.2, 0.25) is 0 Å². The van der Waals surface area contributed by atoms with Crippen molar-refractivity contribution in [3.8, 4) is 0 Å². The van der Waals surface area contributed by atoms with Crippen molar-refractivity contribution in [1.29, 1.82) is 0 Å². The highest BCUT2D eigenvalue weighted by Gasteiger charge is 2.34. The van der Waals surface area contributed by atoms with E-state index < -0.39 is 10.0 Å². The summed E-state index contributed by atoms with van der Waals surface area (Å²) >= 11 is 0. The van der Waals surface area contributed by atoms with Gasteiger partial charge < -0.3 is 5.32 Å². The predicted molar refractivity (Wildman–Crippen MR) is 65.0 cm³/mol. The van der Waals surface area contributed by atoms with Gasteiger partial charge in [-0.2, -0.15) is 0 Å². The van der Waals surface area contributed by atoms with Crippen LogP contribution in [-0.4, -0.2) is 48.1 Å². The SMILES string of the molecule is CCS(=O)(=O)N1CC(CNc2cnccn2)C1. The summed E-state index contributed by atoms with van der Waals surface area (Å²) in [6, 6.07) is 0. The van der Waals surface area contributed by atoms with Gasteiger partial charge in [-0.1, -0.05) is 0 Å². The molecule has 1 aromatic rings. The predicted octanol–water partition coefficient (Wildman–Crippen LogP) is 0.170. The zero-order chi connectivity index (χ0) is 12.3. The molecule has 17 heavy (non-hydrogen) atoms. The summed E-state index contributed by atoms with van der Waals surface area (Å²) in [6.07, 6.45) is 4.89. The molecule has 0 spiro atoms. The number of sulfonamides is 1. The molecule has 1 saturated heterocycles. The van der Waals surface area contributed by atoms with Gasteiger partial charge in [0, 0.05) is 37.9 Å². The highest BCUT2D eigenvalue weighted by molar-refractivity contribution is 7.89. The van der Waals surface area contributed by atoms with Gasteiger partial charge in [0.15, 0.2) is 0 Å². The molecule has 2 heterocycles. The van der Waals surface area contributed by atoms with Crippen LogP contribution in [0.1, 0.15) is 6.92 Å². The Hall–Kier alpha value is -1.21. The Labute approximate surface area is 101 Å². The Kier molecular flexibility index (Phi) is 3.58. The van der Waals surface area contributed by atoms with Crippen molar-refractivity contribution in [2.24, 2.45) is 5.92 Å². The van der Waals surface area contributed by atoms with Crippen LogP contribution in [0.15, 0.2) is 18.6 Å². The summed E-state index contributed by atoms with van der Waals surface area (Å²) < 4.78 is 24.5. The van der Waals surface area contributed by atoms with E-state index in [0.717, 1.165) is 12.4 Å². The largest absolute Gasteiger partial charge is 0.368 e. The maximum Gasteiger partial charge on any atom is 0.213 e. The van der Waals surface area contributed by atoms with Gasteiger partial charge in [0.2, 0.25) is 10.0 Å². The van der Waals surface area contributed by atoms with Crippen LogP contribution in [-0.2, 0) is 10.0 Å². The fourth-order valence-corrected chi connectivity index (χ4v) is 2.94. The van der Waals surface area contributed by atoms with Gasteiger partial charge in [-0.3, -0.25) is 4.98 Å². The first-order valence-corrected chi connectivity index (χ1v) is 7.20. The quantitative estimate of drug-likeness (QED) is 0.813. The molecule has 0 radical (unpaired) electrons. The Morgan fingerprint density at radius 3 is 2.82 bits per heavy atom. The fraction of sp³-hybridized carbons (Fsp3) is 0.600. The number of rotatable bonds is 5. The Morgan fingerprint density at radius 1 is 1.47 bits per heavy atom. The van der Waals surface area contributed by atoms with E-state index in [1.807, 2.05) is 0 Å². The summed E-state index contributed by atoms with van der Waals surface area (Å²) in [7, 11) is -3.00. The van der Waals surface area contributed by atoms with Crippen LogP contribution in [0.5, 0.6) is 0 Å². The molecule has 0 atom stereocenters. The first kappa shape index (κ1) is 12.3. The lowest BCUT2D eigenvalue weighted by Gasteiger charge is -2.37. The topological polar surface area (TPSA) is 75.2 Å². The van der Waals surface area contributed by atoms with Crippen LogP contribution in [0.4, 0.5) is 5.82 Å². The summed E-state index contributed by atoms with van der Waals surface area (Å²) in [5.41, 5.74) is 0. The average Bonchev–Trinajstić information content (AvgIpc) is 2.28. The number of hydrogen-bond acceptors (Lipinski definition) is 5. The van der Waals surface area contributed by atoms with Crippen LogP contribution >= 0.6 is 0 Å². The fourth-order valence-electron chi connectivity index (χ4n) is 1.70. The molecule has 94 valence electrons. The van der Waals surface area contributed by atoms with Crippen LogP contribution in [0, 0.1) is 5.92 Å². The van der Waals surface area contributed by atoms with Crippen LogP contribution in [0.3, 0.4) is 0 Å². The van der Waals surface area contributed by atoms with E-state index in [4.69, 9.17) is 0 Å². The van der Waals surface area contributed by atoms with E-state index in [0.29, 0.717) is 19.0 Å². The molecule has 0 saturated carbocycles. The molecule has 0 aliphatic carbocycles. The van der Waals surface area contributed by atoms with E-state index in [1.54, 1.807) is 25.5 Å². The zero-order valence-electron chi connectivity index (χ0n) is 9.70. The van der Waals surface area contributed by atoms with Gasteiger partial charge in [0.05, 0.1) is 11.9 Å². The van der Waals surface area contributed by atoms with Gasteiger partial charge in [0.25, 0.3) is 0 Å². The molecule has 1 N–H and O–H groups in total. The monoisotopic (exact) mass is 256 g/mol. The zero-order valence-corrected chi connectivity index (χ0v) is 10.5. The molecule has 0 bridgehead atoms. The molecule has 1 aliphatic heterocycles. The first-order valence-electron chi connectivity index (χ1n) is 5.59. The second-order valence-electron chi connectivity index (χ2n) is 4.06. The third kappa shape index (κ3) is 2.92. The molecule has 2 rings (SSSR count). The molecule has 1 aromatic heterocycles. The molecule has 1 aliphatic rings. The summed E-state index contributed by atoms with van der Waals surface area (Å²) in [5, 5.41) is 3.14. The smallest absolute Gasteiger partial charge is 0.213 e. The highest BCUT2D eigenvalue weighted by atomic mass is 32.2. The minimum atomic E-state index is -3.00. The molecule has 0 amide bonds. The van der Waals surface area contributed by atoms with E-state index in [-0.39, 0.29) is 5.75 Å². The minimum Gasteiger partial charge on any atom is -0.368 e. The maximum atomic E-state index is 11.5. The van der Waals surface area contributed by atoms with Crippen molar-refractivity contribution in [2.75, 3.05) is 30.7 Å². The lowest BCUT2D eigenvalue weighted by Crippen LogP contribution is -2.52.